The molecule has 3 atom stereocenters. The second-order valence-corrected chi connectivity index (χ2v) is 4.39. The lowest BCUT2D eigenvalue weighted by Gasteiger charge is -2.14. The van der Waals surface area contributed by atoms with Gasteiger partial charge in [0.15, 0.2) is 0 Å². The van der Waals surface area contributed by atoms with Crippen LogP contribution < -0.4 is 0 Å². The van der Waals surface area contributed by atoms with Crippen molar-refractivity contribution in [2.24, 2.45) is 5.92 Å². The maximum atomic E-state index is 3.85. The predicted molar refractivity (Wildman–Crippen MR) is 42.7 cm³/mol. The number of hydrogen-bond acceptors (Lipinski definition) is 1. The Hall–Kier alpha value is 0.0900. The molecule has 1 saturated carbocycles. The van der Waals surface area contributed by atoms with Crippen molar-refractivity contribution in [2.45, 2.75) is 29.8 Å². The highest BCUT2D eigenvalue weighted by atomic mass is 32.2. The minimum Gasteiger partial charge on any atom is -0.152 e. The quantitative estimate of drug-likeness (QED) is 0.398. The molecule has 0 amide bonds. The first kappa shape index (κ1) is 5.84. The van der Waals surface area contributed by atoms with Gasteiger partial charge in [0.2, 0.25) is 0 Å². The zero-order valence-electron chi connectivity index (χ0n) is 5.55. The Morgan fingerprint density at radius 3 is 3.00 bits per heavy atom. The predicted octanol–water partition coefficient (Wildman–Crippen LogP) is 2.46. The van der Waals surface area contributed by atoms with Crippen molar-refractivity contribution in [3.05, 3.63) is 12.7 Å². The molecule has 0 spiro atoms. The Labute approximate surface area is 60.7 Å². The highest BCUT2D eigenvalue weighted by Gasteiger charge is 2.44. The van der Waals surface area contributed by atoms with Crippen molar-refractivity contribution < 1.29 is 0 Å². The fraction of sp³-hybridized carbons (Fsp3) is 0.750. The Kier molecular flexibility index (Phi) is 1.33. The van der Waals surface area contributed by atoms with E-state index in [1.165, 1.54) is 19.3 Å². The van der Waals surface area contributed by atoms with Gasteiger partial charge < -0.3 is 0 Å². The lowest BCUT2D eigenvalue weighted by atomic mass is 9.90. The molecular weight excluding hydrogens is 128 g/mol. The third-order valence-electron chi connectivity index (χ3n) is 2.37. The molecule has 0 aromatic heterocycles. The third kappa shape index (κ3) is 0.917. The molecule has 1 saturated heterocycles. The first-order valence-corrected chi connectivity index (χ1v) is 4.64. The Morgan fingerprint density at radius 1 is 1.44 bits per heavy atom. The second kappa shape index (κ2) is 2.05. The largest absolute Gasteiger partial charge is 0.152 e. The zero-order valence-corrected chi connectivity index (χ0v) is 6.36. The fourth-order valence-electron chi connectivity index (χ4n) is 1.74. The smallest absolute Gasteiger partial charge is 0.0232 e. The van der Waals surface area contributed by atoms with Crippen LogP contribution in [0.2, 0.25) is 0 Å². The molecule has 0 radical (unpaired) electrons. The van der Waals surface area contributed by atoms with E-state index in [1.807, 2.05) is 0 Å². The maximum Gasteiger partial charge on any atom is 0.0232 e. The molecule has 1 heterocycles. The van der Waals surface area contributed by atoms with Crippen LogP contribution in [0.25, 0.3) is 0 Å². The van der Waals surface area contributed by atoms with Crippen molar-refractivity contribution in [2.75, 3.05) is 0 Å². The molecule has 0 aromatic rings. The molecule has 0 N–H and O–H groups in total. The summed E-state index contributed by atoms with van der Waals surface area (Å²) in [5.41, 5.74) is 0. The van der Waals surface area contributed by atoms with Gasteiger partial charge in [-0.3, -0.25) is 0 Å². The molecule has 1 aliphatic heterocycles. The lowest BCUT2D eigenvalue weighted by molar-refractivity contribution is 0.481. The average molecular weight is 140 g/mol. The molecule has 9 heavy (non-hydrogen) atoms. The molecule has 2 aliphatic rings. The summed E-state index contributed by atoms with van der Waals surface area (Å²) in [7, 11) is 0. The summed E-state index contributed by atoms with van der Waals surface area (Å²) in [6, 6.07) is 0. The van der Waals surface area contributed by atoms with E-state index in [-0.39, 0.29) is 0 Å². The van der Waals surface area contributed by atoms with Gasteiger partial charge in [0.1, 0.15) is 0 Å². The van der Waals surface area contributed by atoms with Crippen LogP contribution in [-0.4, -0.2) is 10.5 Å². The Bertz CT molecular complexity index is 131. The van der Waals surface area contributed by atoms with Crippen LogP contribution in [0.15, 0.2) is 12.7 Å². The van der Waals surface area contributed by atoms with E-state index >= 15 is 0 Å². The third-order valence-corrected chi connectivity index (χ3v) is 3.93. The maximum absolute atomic E-state index is 3.85. The molecule has 3 unspecified atom stereocenters. The van der Waals surface area contributed by atoms with Crippen molar-refractivity contribution in [3.8, 4) is 0 Å². The number of allylic oxidation sites excluding steroid dienone is 1. The molecular formula is C8H12S. The standard InChI is InChI=1S/C8H12S/c1-2-6-4-3-5-7-8(6)9-7/h2,6-8H,1,3-5H2. The lowest BCUT2D eigenvalue weighted by Crippen LogP contribution is -2.13. The van der Waals surface area contributed by atoms with Crippen LogP contribution in [0.3, 0.4) is 0 Å². The zero-order chi connectivity index (χ0) is 6.27. The summed E-state index contributed by atoms with van der Waals surface area (Å²) in [5, 5.41) is 2.01. The van der Waals surface area contributed by atoms with Gasteiger partial charge in [0.05, 0.1) is 0 Å². The van der Waals surface area contributed by atoms with Gasteiger partial charge in [0.25, 0.3) is 0 Å². The van der Waals surface area contributed by atoms with Crippen LogP contribution in [0.5, 0.6) is 0 Å². The SMILES string of the molecule is C=CC1CCCC2SC12. The van der Waals surface area contributed by atoms with E-state index in [1.54, 1.807) is 0 Å². The molecule has 50 valence electrons. The van der Waals surface area contributed by atoms with E-state index in [0.29, 0.717) is 0 Å². The van der Waals surface area contributed by atoms with Crippen molar-refractivity contribution in [3.63, 3.8) is 0 Å². The molecule has 0 bridgehead atoms. The number of rotatable bonds is 1. The van der Waals surface area contributed by atoms with Crippen molar-refractivity contribution in [1.82, 2.24) is 0 Å². The number of thioether (sulfide) groups is 1. The highest BCUT2D eigenvalue weighted by Crippen LogP contribution is 2.53. The van der Waals surface area contributed by atoms with Gasteiger partial charge in [0, 0.05) is 10.5 Å². The Balaban J connectivity index is 2.00. The van der Waals surface area contributed by atoms with Gasteiger partial charge >= 0.3 is 0 Å². The molecule has 0 nitrogen and oxygen atoms in total. The summed E-state index contributed by atoms with van der Waals surface area (Å²) in [6.45, 7) is 3.85. The van der Waals surface area contributed by atoms with Crippen LogP contribution >= 0.6 is 11.8 Å². The molecule has 2 fully saturated rings. The van der Waals surface area contributed by atoms with Gasteiger partial charge in [-0.05, 0) is 18.8 Å². The molecule has 1 heteroatoms. The first-order valence-electron chi connectivity index (χ1n) is 3.70. The van der Waals surface area contributed by atoms with Crippen molar-refractivity contribution >= 4 is 11.8 Å². The van der Waals surface area contributed by atoms with E-state index in [4.69, 9.17) is 0 Å². The summed E-state index contributed by atoms with van der Waals surface area (Å²) in [4.78, 5) is 0. The summed E-state index contributed by atoms with van der Waals surface area (Å²) in [6.07, 6.45) is 6.46. The van der Waals surface area contributed by atoms with Crippen LogP contribution in [0.4, 0.5) is 0 Å². The van der Waals surface area contributed by atoms with Gasteiger partial charge in [-0.25, -0.2) is 0 Å². The van der Waals surface area contributed by atoms with Gasteiger partial charge in [-0.1, -0.05) is 12.5 Å². The minimum atomic E-state index is 0.855. The van der Waals surface area contributed by atoms with Crippen LogP contribution in [0.1, 0.15) is 19.3 Å². The summed E-state index contributed by atoms with van der Waals surface area (Å²) in [5.74, 6) is 0.855. The molecule has 1 aliphatic carbocycles. The number of fused-ring (bicyclic) bond motifs is 1. The van der Waals surface area contributed by atoms with Gasteiger partial charge in [-0.2, -0.15) is 11.8 Å². The van der Waals surface area contributed by atoms with E-state index in [2.05, 4.69) is 24.4 Å². The first-order chi connectivity index (χ1) is 4.42. The minimum absolute atomic E-state index is 0.855. The monoisotopic (exact) mass is 140 g/mol. The molecule has 0 aromatic carbocycles. The van der Waals surface area contributed by atoms with E-state index < -0.39 is 0 Å². The molecule has 2 rings (SSSR count). The number of hydrogen-bond donors (Lipinski definition) is 0. The summed E-state index contributed by atoms with van der Waals surface area (Å²) >= 11 is 2.16. The van der Waals surface area contributed by atoms with E-state index in [0.717, 1.165) is 16.4 Å². The topological polar surface area (TPSA) is 0 Å². The van der Waals surface area contributed by atoms with E-state index in [9.17, 15) is 0 Å². The van der Waals surface area contributed by atoms with Gasteiger partial charge in [-0.15, -0.1) is 6.58 Å². The Morgan fingerprint density at radius 2 is 2.33 bits per heavy atom. The van der Waals surface area contributed by atoms with Crippen LogP contribution in [0, 0.1) is 5.92 Å². The fourth-order valence-corrected chi connectivity index (χ4v) is 3.14. The second-order valence-electron chi connectivity index (χ2n) is 2.97. The average Bonchev–Trinajstić information content (AvgIpc) is 2.64. The van der Waals surface area contributed by atoms with Crippen molar-refractivity contribution in [1.29, 1.82) is 0 Å². The summed E-state index contributed by atoms with van der Waals surface area (Å²) < 4.78 is 0. The van der Waals surface area contributed by atoms with Crippen LogP contribution in [-0.2, 0) is 0 Å². The highest BCUT2D eigenvalue weighted by molar-refractivity contribution is 8.07. The normalized spacial score (nSPS) is 47.8.